The molecule has 0 N–H and O–H groups in total. The average Bonchev–Trinajstić information content (AvgIpc) is 3.54. The molecule has 0 atom stereocenters. The second-order valence-corrected chi connectivity index (χ2v) is 8.82. The maximum absolute atomic E-state index is 14.1. The fourth-order valence-corrected chi connectivity index (χ4v) is 4.54. The number of hydrogen-bond acceptors (Lipinski definition) is 8. The van der Waals surface area contributed by atoms with Crippen LogP contribution < -0.4 is 0 Å². The lowest BCUT2D eigenvalue weighted by molar-refractivity contribution is -0.129. The molecular weight excluding hydrogens is 451 g/mol. The van der Waals surface area contributed by atoms with E-state index in [1.165, 1.54) is 29.2 Å². The Bertz CT molecular complexity index is 1190. The maximum Gasteiger partial charge on any atom is 0.257 e. The maximum atomic E-state index is 14.1. The summed E-state index contributed by atoms with van der Waals surface area (Å²) in [5.74, 6) is 0.966. The molecule has 4 rings (SSSR count). The Morgan fingerprint density at radius 3 is 2.78 bits per heavy atom. The number of aromatic nitrogens is 5. The van der Waals surface area contributed by atoms with Gasteiger partial charge in [-0.25, -0.2) is 4.39 Å². The topological polar surface area (TPSA) is 89.9 Å². The predicted octanol–water partition coefficient (Wildman–Crippen LogP) is 4.26. The van der Waals surface area contributed by atoms with Gasteiger partial charge in [-0.15, -0.1) is 31.7 Å². The van der Waals surface area contributed by atoms with E-state index in [4.69, 9.17) is 4.42 Å². The molecule has 0 radical (unpaired) electrons. The molecule has 0 unspecified atom stereocenters. The van der Waals surface area contributed by atoms with Crippen molar-refractivity contribution in [2.45, 2.75) is 25.0 Å². The van der Waals surface area contributed by atoms with E-state index in [1.54, 1.807) is 34.7 Å². The molecule has 32 heavy (non-hydrogen) atoms. The zero-order chi connectivity index (χ0) is 22.5. The van der Waals surface area contributed by atoms with Crippen molar-refractivity contribution >= 4 is 29.0 Å². The summed E-state index contributed by atoms with van der Waals surface area (Å²) in [6.07, 6.45) is 0.795. The van der Waals surface area contributed by atoms with Crippen LogP contribution in [0, 0.1) is 5.82 Å². The van der Waals surface area contributed by atoms with E-state index in [9.17, 15) is 9.18 Å². The van der Waals surface area contributed by atoms with Crippen molar-refractivity contribution in [3.8, 4) is 22.2 Å². The van der Waals surface area contributed by atoms with E-state index in [0.717, 1.165) is 11.3 Å². The standard InChI is InChI=1S/C21H21FN6O2S2/c1-3-10-28(12-17-23-25-20(30-17)16-9-6-11-31-16)18(29)13-32-21-26-24-19(27(21)2)14-7-4-5-8-15(14)22/h4-9,11H,3,10,12-13H2,1-2H3. The molecule has 166 valence electrons. The van der Waals surface area contributed by atoms with E-state index in [0.29, 0.717) is 34.9 Å². The fourth-order valence-electron chi connectivity index (χ4n) is 3.08. The van der Waals surface area contributed by atoms with E-state index in [-0.39, 0.29) is 24.0 Å². The number of carbonyl (C=O) groups excluding carboxylic acids is 1. The quantitative estimate of drug-likeness (QED) is 0.336. The number of amides is 1. The first-order valence-corrected chi connectivity index (χ1v) is 11.8. The monoisotopic (exact) mass is 472 g/mol. The first kappa shape index (κ1) is 22.2. The largest absolute Gasteiger partial charge is 0.418 e. The molecule has 8 nitrogen and oxygen atoms in total. The van der Waals surface area contributed by atoms with Crippen LogP contribution >= 0.6 is 23.1 Å². The van der Waals surface area contributed by atoms with Crippen LogP contribution in [0.5, 0.6) is 0 Å². The lowest BCUT2D eigenvalue weighted by Crippen LogP contribution is -2.32. The van der Waals surface area contributed by atoms with Crippen molar-refractivity contribution in [3.63, 3.8) is 0 Å². The zero-order valence-corrected chi connectivity index (χ0v) is 19.2. The second kappa shape index (κ2) is 10.0. The highest BCUT2D eigenvalue weighted by molar-refractivity contribution is 7.99. The first-order chi connectivity index (χ1) is 15.6. The Morgan fingerprint density at radius 2 is 2.03 bits per heavy atom. The van der Waals surface area contributed by atoms with Crippen LogP contribution in [0.25, 0.3) is 22.2 Å². The number of thiophene rings is 1. The molecule has 4 aromatic rings. The van der Waals surface area contributed by atoms with Gasteiger partial charge in [0, 0.05) is 13.6 Å². The third-order valence-electron chi connectivity index (χ3n) is 4.65. The average molecular weight is 473 g/mol. The normalized spacial score (nSPS) is 11.1. The van der Waals surface area contributed by atoms with Gasteiger partial charge in [0.1, 0.15) is 5.82 Å². The van der Waals surface area contributed by atoms with Crippen LogP contribution in [-0.4, -0.2) is 48.1 Å². The summed E-state index contributed by atoms with van der Waals surface area (Å²) in [6.45, 7) is 2.81. The molecular formula is C21H21FN6O2S2. The lowest BCUT2D eigenvalue weighted by Gasteiger charge is -2.19. The van der Waals surface area contributed by atoms with Crippen molar-refractivity contribution in [3.05, 3.63) is 53.5 Å². The van der Waals surface area contributed by atoms with Gasteiger partial charge in [-0.2, -0.15) is 0 Å². The third-order valence-corrected chi connectivity index (χ3v) is 6.51. The summed E-state index contributed by atoms with van der Waals surface area (Å²) >= 11 is 2.77. The minimum atomic E-state index is -0.369. The predicted molar refractivity (Wildman–Crippen MR) is 120 cm³/mol. The van der Waals surface area contributed by atoms with E-state index < -0.39 is 0 Å². The summed E-state index contributed by atoms with van der Waals surface area (Å²) in [7, 11) is 1.75. The number of carbonyl (C=O) groups is 1. The SMILES string of the molecule is CCCN(Cc1nnc(-c2cccs2)o1)C(=O)CSc1nnc(-c2ccccc2F)n1C. The van der Waals surface area contributed by atoms with Crippen molar-refractivity contribution in [2.24, 2.45) is 7.05 Å². The fraction of sp³-hybridized carbons (Fsp3) is 0.286. The number of benzene rings is 1. The molecule has 3 heterocycles. The molecule has 3 aromatic heterocycles. The molecule has 0 fully saturated rings. The number of thioether (sulfide) groups is 1. The van der Waals surface area contributed by atoms with Gasteiger partial charge >= 0.3 is 0 Å². The molecule has 0 aliphatic carbocycles. The minimum Gasteiger partial charge on any atom is -0.418 e. The molecule has 0 saturated heterocycles. The van der Waals surface area contributed by atoms with Gasteiger partial charge in [-0.3, -0.25) is 4.79 Å². The van der Waals surface area contributed by atoms with Gasteiger partial charge in [-0.05, 0) is 30.0 Å². The molecule has 0 spiro atoms. The molecule has 11 heteroatoms. The Labute approximate surface area is 192 Å². The smallest absolute Gasteiger partial charge is 0.257 e. The summed E-state index contributed by atoms with van der Waals surface area (Å²) in [4.78, 5) is 15.5. The van der Waals surface area contributed by atoms with Crippen LogP contribution in [0.15, 0.2) is 51.4 Å². The van der Waals surface area contributed by atoms with Gasteiger partial charge in [0.25, 0.3) is 5.89 Å². The number of rotatable bonds is 9. The Morgan fingerprint density at radius 1 is 1.19 bits per heavy atom. The molecule has 0 bridgehead atoms. The minimum absolute atomic E-state index is 0.0804. The van der Waals surface area contributed by atoms with E-state index in [2.05, 4.69) is 20.4 Å². The third kappa shape index (κ3) is 4.89. The van der Waals surface area contributed by atoms with Gasteiger partial charge in [0.2, 0.25) is 11.8 Å². The summed E-state index contributed by atoms with van der Waals surface area (Å²) in [5, 5.41) is 18.8. The van der Waals surface area contributed by atoms with Crippen LogP contribution in [0.3, 0.4) is 0 Å². The molecule has 1 amide bonds. The Hall–Kier alpha value is -3.05. The summed E-state index contributed by atoms with van der Waals surface area (Å²) in [6, 6.07) is 10.2. The number of hydrogen-bond donors (Lipinski definition) is 0. The zero-order valence-electron chi connectivity index (χ0n) is 17.6. The van der Waals surface area contributed by atoms with E-state index in [1.807, 2.05) is 24.4 Å². The second-order valence-electron chi connectivity index (χ2n) is 6.93. The molecule has 0 aliphatic rings. The van der Waals surface area contributed by atoms with Gasteiger partial charge in [0.05, 0.1) is 22.7 Å². The van der Waals surface area contributed by atoms with Crippen LogP contribution in [0.1, 0.15) is 19.2 Å². The van der Waals surface area contributed by atoms with Crippen molar-refractivity contribution in [1.29, 1.82) is 0 Å². The number of halogens is 1. The molecule has 1 aromatic carbocycles. The van der Waals surface area contributed by atoms with Crippen molar-refractivity contribution in [2.75, 3.05) is 12.3 Å². The summed E-state index contributed by atoms with van der Waals surface area (Å²) < 4.78 is 21.5. The molecule has 0 saturated carbocycles. The Balaban J connectivity index is 1.41. The number of nitrogens with zero attached hydrogens (tertiary/aromatic N) is 6. The first-order valence-electron chi connectivity index (χ1n) is 9.98. The van der Waals surface area contributed by atoms with Gasteiger partial charge < -0.3 is 13.9 Å². The van der Waals surface area contributed by atoms with Gasteiger partial charge in [-0.1, -0.05) is 36.9 Å². The van der Waals surface area contributed by atoms with Crippen LogP contribution in [0.2, 0.25) is 0 Å². The highest BCUT2D eigenvalue weighted by Crippen LogP contribution is 2.26. The van der Waals surface area contributed by atoms with Crippen molar-refractivity contribution < 1.29 is 13.6 Å². The highest BCUT2D eigenvalue weighted by atomic mass is 32.2. The van der Waals surface area contributed by atoms with Crippen molar-refractivity contribution in [1.82, 2.24) is 29.9 Å². The van der Waals surface area contributed by atoms with Crippen LogP contribution in [0.4, 0.5) is 4.39 Å². The molecule has 0 aliphatic heterocycles. The van der Waals surface area contributed by atoms with Crippen LogP contribution in [-0.2, 0) is 18.4 Å². The Kier molecular flexibility index (Phi) is 6.96. The van der Waals surface area contributed by atoms with E-state index >= 15 is 0 Å². The van der Waals surface area contributed by atoms with Gasteiger partial charge in [0.15, 0.2) is 11.0 Å². The lowest BCUT2D eigenvalue weighted by atomic mass is 10.2. The summed E-state index contributed by atoms with van der Waals surface area (Å²) in [5.41, 5.74) is 0.367. The highest BCUT2D eigenvalue weighted by Gasteiger charge is 2.20.